The first-order valence-corrected chi connectivity index (χ1v) is 10.6. The number of hydrogen-bond donors (Lipinski definition) is 1. The monoisotopic (exact) mass is 426 g/mol. The molecule has 3 aromatic carbocycles. The highest BCUT2D eigenvalue weighted by Gasteiger charge is 2.40. The molecule has 0 saturated carbocycles. The normalized spacial score (nSPS) is 13.8. The average Bonchev–Trinajstić information content (AvgIpc) is 3.00. The predicted molar refractivity (Wildman–Crippen MR) is 128 cm³/mol. The molecule has 0 unspecified atom stereocenters. The molecule has 3 aromatic rings. The van der Waals surface area contributed by atoms with Gasteiger partial charge in [-0.15, -0.1) is 0 Å². The van der Waals surface area contributed by atoms with Crippen LogP contribution >= 0.6 is 0 Å². The number of carbonyl (C=O) groups is 2. The molecule has 0 atom stereocenters. The Morgan fingerprint density at radius 1 is 0.844 bits per heavy atom. The van der Waals surface area contributed by atoms with Crippen LogP contribution < -0.4 is 15.0 Å². The second-order valence-corrected chi connectivity index (χ2v) is 8.17. The molecule has 2 amide bonds. The minimum Gasteiger partial charge on any atom is -0.491 e. The maximum Gasteiger partial charge on any atom is 0.282 e. The van der Waals surface area contributed by atoms with Crippen molar-refractivity contribution in [2.75, 3.05) is 10.2 Å². The summed E-state index contributed by atoms with van der Waals surface area (Å²) in [5.41, 5.74) is 4.72. The van der Waals surface area contributed by atoms with Crippen molar-refractivity contribution in [1.29, 1.82) is 0 Å². The topological polar surface area (TPSA) is 58.6 Å². The number of nitrogens with one attached hydrogen (secondary N) is 1. The molecule has 162 valence electrons. The Hall–Kier alpha value is -3.86. The Bertz CT molecular complexity index is 1200. The number of benzene rings is 3. The number of ether oxygens (including phenoxy) is 1. The van der Waals surface area contributed by atoms with E-state index in [1.54, 1.807) is 12.1 Å². The van der Waals surface area contributed by atoms with Gasteiger partial charge in [-0.1, -0.05) is 48.0 Å². The zero-order valence-electron chi connectivity index (χ0n) is 18.7. The third-order valence-electron chi connectivity index (χ3n) is 5.25. The van der Waals surface area contributed by atoms with Crippen LogP contribution in [0, 0.1) is 13.8 Å². The molecule has 0 saturated heterocycles. The van der Waals surface area contributed by atoms with Crippen molar-refractivity contribution in [3.63, 3.8) is 0 Å². The van der Waals surface area contributed by atoms with Gasteiger partial charge in [0.15, 0.2) is 0 Å². The first-order valence-electron chi connectivity index (χ1n) is 10.6. The van der Waals surface area contributed by atoms with Crippen molar-refractivity contribution in [1.82, 2.24) is 0 Å². The molecular weight excluding hydrogens is 400 g/mol. The molecule has 0 fully saturated rings. The van der Waals surface area contributed by atoms with E-state index in [-0.39, 0.29) is 23.6 Å². The lowest BCUT2D eigenvalue weighted by molar-refractivity contribution is -0.120. The molecule has 1 heterocycles. The standard InChI is InChI=1S/C27H26N2O3/c1-17(2)32-22-13-11-20(12-14-22)24-25(28-23-15-10-18(3)16-19(23)4)27(31)29(26(24)30)21-8-6-5-7-9-21/h5-17,28H,1-4H3. The van der Waals surface area contributed by atoms with Gasteiger partial charge in [-0.05, 0) is 69.2 Å². The maximum absolute atomic E-state index is 13.5. The molecule has 5 nitrogen and oxygen atoms in total. The van der Waals surface area contributed by atoms with Crippen molar-refractivity contribution in [3.8, 4) is 5.75 Å². The number of hydrogen-bond acceptors (Lipinski definition) is 4. The summed E-state index contributed by atoms with van der Waals surface area (Å²) in [6.07, 6.45) is 0.0464. The van der Waals surface area contributed by atoms with E-state index >= 15 is 0 Å². The zero-order chi connectivity index (χ0) is 22.8. The van der Waals surface area contributed by atoms with Crippen LogP contribution in [0.2, 0.25) is 0 Å². The van der Waals surface area contributed by atoms with E-state index in [1.165, 1.54) is 4.90 Å². The third kappa shape index (κ3) is 4.14. The quantitative estimate of drug-likeness (QED) is 0.530. The second-order valence-electron chi connectivity index (χ2n) is 8.17. The second kappa shape index (κ2) is 8.71. The van der Waals surface area contributed by atoms with Crippen molar-refractivity contribution >= 4 is 28.8 Å². The number of rotatable bonds is 6. The Balaban J connectivity index is 1.79. The van der Waals surface area contributed by atoms with E-state index in [2.05, 4.69) is 5.32 Å². The first kappa shape index (κ1) is 21.4. The lowest BCUT2D eigenvalue weighted by Gasteiger charge is -2.15. The summed E-state index contributed by atoms with van der Waals surface area (Å²) >= 11 is 0. The van der Waals surface area contributed by atoms with Crippen molar-refractivity contribution in [2.45, 2.75) is 33.8 Å². The van der Waals surface area contributed by atoms with E-state index in [4.69, 9.17) is 4.74 Å². The molecule has 0 aromatic heterocycles. The summed E-state index contributed by atoms with van der Waals surface area (Å²) in [5, 5.41) is 3.25. The molecule has 0 aliphatic carbocycles. The fraction of sp³-hybridized carbons (Fsp3) is 0.185. The molecule has 1 N–H and O–H groups in total. The zero-order valence-corrected chi connectivity index (χ0v) is 18.7. The molecule has 0 radical (unpaired) electrons. The predicted octanol–water partition coefficient (Wildman–Crippen LogP) is 5.49. The fourth-order valence-corrected chi connectivity index (χ4v) is 3.79. The minimum absolute atomic E-state index is 0.0464. The first-order chi connectivity index (χ1) is 15.3. The third-order valence-corrected chi connectivity index (χ3v) is 5.25. The fourth-order valence-electron chi connectivity index (χ4n) is 3.79. The maximum atomic E-state index is 13.5. The molecule has 0 spiro atoms. The van der Waals surface area contributed by atoms with Gasteiger partial charge < -0.3 is 10.1 Å². The summed E-state index contributed by atoms with van der Waals surface area (Å²) in [4.78, 5) is 28.2. The van der Waals surface area contributed by atoms with Crippen LogP contribution in [0.25, 0.3) is 5.57 Å². The number of carbonyl (C=O) groups excluding carboxylic acids is 2. The van der Waals surface area contributed by atoms with Gasteiger partial charge in [-0.25, -0.2) is 4.90 Å². The number of anilines is 2. The lowest BCUT2D eigenvalue weighted by atomic mass is 10.0. The Kier molecular flexibility index (Phi) is 5.82. The van der Waals surface area contributed by atoms with Crippen LogP contribution in [0.1, 0.15) is 30.5 Å². The number of amides is 2. The molecule has 0 bridgehead atoms. The highest BCUT2D eigenvalue weighted by atomic mass is 16.5. The Morgan fingerprint density at radius 3 is 2.16 bits per heavy atom. The highest BCUT2D eigenvalue weighted by molar-refractivity contribution is 6.46. The molecule has 32 heavy (non-hydrogen) atoms. The van der Waals surface area contributed by atoms with E-state index in [0.29, 0.717) is 22.6 Å². The number of nitrogens with zero attached hydrogens (tertiary/aromatic N) is 1. The van der Waals surface area contributed by atoms with Crippen LogP contribution in [-0.4, -0.2) is 17.9 Å². The van der Waals surface area contributed by atoms with Gasteiger partial charge in [-0.2, -0.15) is 0 Å². The molecular formula is C27H26N2O3. The van der Waals surface area contributed by atoms with Gasteiger partial charge in [0.2, 0.25) is 0 Å². The SMILES string of the molecule is Cc1ccc(NC2=C(c3ccc(OC(C)C)cc3)C(=O)N(c3ccccc3)C2=O)c(C)c1. The van der Waals surface area contributed by atoms with Gasteiger partial charge in [0.25, 0.3) is 11.8 Å². The van der Waals surface area contributed by atoms with Crippen molar-refractivity contribution in [3.05, 3.63) is 95.2 Å². The van der Waals surface area contributed by atoms with Gasteiger partial charge in [0.1, 0.15) is 11.4 Å². The van der Waals surface area contributed by atoms with Crippen molar-refractivity contribution in [2.24, 2.45) is 0 Å². The molecule has 5 heteroatoms. The Labute approximate surface area is 188 Å². The molecule has 1 aliphatic rings. The van der Waals surface area contributed by atoms with Gasteiger partial charge in [-0.3, -0.25) is 9.59 Å². The van der Waals surface area contributed by atoms with Gasteiger partial charge >= 0.3 is 0 Å². The van der Waals surface area contributed by atoms with Crippen LogP contribution in [-0.2, 0) is 9.59 Å². The van der Waals surface area contributed by atoms with E-state index < -0.39 is 0 Å². The largest absolute Gasteiger partial charge is 0.491 e. The van der Waals surface area contributed by atoms with Gasteiger partial charge in [0.05, 0.1) is 17.4 Å². The van der Waals surface area contributed by atoms with E-state index in [9.17, 15) is 9.59 Å². The van der Waals surface area contributed by atoms with Crippen molar-refractivity contribution < 1.29 is 14.3 Å². The van der Waals surface area contributed by atoms with Crippen LogP contribution in [0.4, 0.5) is 11.4 Å². The number of aryl methyl sites for hydroxylation is 2. The summed E-state index contributed by atoms with van der Waals surface area (Å²) in [5.74, 6) is -0.0189. The summed E-state index contributed by atoms with van der Waals surface area (Å²) < 4.78 is 5.73. The Morgan fingerprint density at radius 2 is 1.53 bits per heavy atom. The minimum atomic E-state index is -0.376. The number of imide groups is 1. The van der Waals surface area contributed by atoms with Crippen LogP contribution in [0.5, 0.6) is 5.75 Å². The van der Waals surface area contributed by atoms with Crippen LogP contribution in [0.15, 0.2) is 78.5 Å². The average molecular weight is 427 g/mol. The highest BCUT2D eigenvalue weighted by Crippen LogP contribution is 2.35. The van der Waals surface area contributed by atoms with E-state index in [1.807, 2.05) is 88.4 Å². The van der Waals surface area contributed by atoms with E-state index in [0.717, 1.165) is 16.8 Å². The number of para-hydroxylation sites is 1. The van der Waals surface area contributed by atoms with Gasteiger partial charge in [0, 0.05) is 5.69 Å². The molecule has 1 aliphatic heterocycles. The summed E-state index contributed by atoms with van der Waals surface area (Å²) in [7, 11) is 0. The summed E-state index contributed by atoms with van der Waals surface area (Å²) in [6, 6.07) is 22.2. The summed E-state index contributed by atoms with van der Waals surface area (Å²) in [6.45, 7) is 7.91. The smallest absolute Gasteiger partial charge is 0.282 e. The van der Waals surface area contributed by atoms with Crippen LogP contribution in [0.3, 0.4) is 0 Å². The molecule has 4 rings (SSSR count). The lowest BCUT2D eigenvalue weighted by Crippen LogP contribution is -2.32.